The number of hydrogen-bond donors (Lipinski definition) is 0. The first-order valence-electron chi connectivity index (χ1n) is 10.1. The van der Waals surface area contributed by atoms with Crippen LogP contribution in [0.15, 0.2) is 44.9 Å². The normalized spacial score (nSPS) is 19.5. The van der Waals surface area contributed by atoms with Gasteiger partial charge in [-0.25, -0.2) is 4.68 Å². The van der Waals surface area contributed by atoms with E-state index in [9.17, 15) is 9.59 Å². The van der Waals surface area contributed by atoms with Gasteiger partial charge in [0.15, 0.2) is 0 Å². The number of carbonyl (C=O) groups excluding carboxylic acids is 1. The Labute approximate surface area is 172 Å². The highest BCUT2D eigenvalue weighted by Crippen LogP contribution is 2.41. The quantitative estimate of drug-likeness (QED) is 0.647. The molecule has 1 aliphatic heterocycles. The molecule has 0 spiro atoms. The lowest BCUT2D eigenvalue weighted by molar-refractivity contribution is 0.0668. The fourth-order valence-electron chi connectivity index (χ4n) is 4.04. The van der Waals surface area contributed by atoms with Crippen LogP contribution in [0.3, 0.4) is 0 Å². The van der Waals surface area contributed by atoms with Gasteiger partial charge >= 0.3 is 0 Å². The molecule has 1 atom stereocenters. The molecular formula is C22H23N3O3S. The summed E-state index contributed by atoms with van der Waals surface area (Å²) in [4.78, 5) is 28.5. The van der Waals surface area contributed by atoms with Crippen LogP contribution in [0.2, 0.25) is 0 Å². The van der Waals surface area contributed by atoms with E-state index in [1.165, 1.54) is 0 Å². The third-order valence-electron chi connectivity index (χ3n) is 5.78. The number of aryl methyl sites for hydroxylation is 1. The Morgan fingerprint density at radius 2 is 2.10 bits per heavy atom. The van der Waals surface area contributed by atoms with Crippen molar-refractivity contribution < 1.29 is 9.21 Å². The molecule has 0 radical (unpaired) electrons. The second-order valence-electron chi connectivity index (χ2n) is 7.92. The molecule has 0 unspecified atom stereocenters. The molecule has 3 aromatic rings. The number of aromatic nitrogens is 2. The highest BCUT2D eigenvalue weighted by atomic mass is 32.1. The largest absolute Gasteiger partial charge is 0.465 e. The van der Waals surface area contributed by atoms with Gasteiger partial charge in [-0.2, -0.15) is 5.10 Å². The number of furan rings is 1. The molecule has 1 saturated carbocycles. The molecule has 4 heterocycles. The summed E-state index contributed by atoms with van der Waals surface area (Å²) in [6, 6.07) is 9.12. The number of likely N-dealkylation sites (tertiary alicyclic amines) is 1. The Morgan fingerprint density at radius 3 is 2.86 bits per heavy atom. The fraction of sp³-hybridized carbons (Fsp3) is 0.409. The maximum absolute atomic E-state index is 13.2. The smallest absolute Gasteiger partial charge is 0.267 e. The molecule has 0 aromatic carbocycles. The molecule has 3 aromatic heterocycles. The molecule has 150 valence electrons. The summed E-state index contributed by atoms with van der Waals surface area (Å²) in [6.07, 6.45) is 3.96. The van der Waals surface area contributed by atoms with Crippen LogP contribution >= 0.6 is 11.3 Å². The zero-order valence-corrected chi connectivity index (χ0v) is 17.2. The van der Waals surface area contributed by atoms with Gasteiger partial charge in [0.2, 0.25) is 0 Å². The van der Waals surface area contributed by atoms with Gasteiger partial charge in [-0.05, 0) is 56.2 Å². The third kappa shape index (κ3) is 3.55. The van der Waals surface area contributed by atoms with Crippen LogP contribution in [-0.4, -0.2) is 33.7 Å². The first-order valence-corrected chi connectivity index (χ1v) is 11.0. The Balaban J connectivity index is 1.39. The lowest BCUT2D eigenvalue weighted by atomic mass is 10.0. The lowest BCUT2D eigenvalue weighted by Gasteiger charge is -2.33. The zero-order valence-electron chi connectivity index (χ0n) is 16.3. The second kappa shape index (κ2) is 7.30. The minimum Gasteiger partial charge on any atom is -0.465 e. The van der Waals surface area contributed by atoms with Crippen LogP contribution in [0.5, 0.6) is 0 Å². The van der Waals surface area contributed by atoms with Crippen molar-refractivity contribution in [2.24, 2.45) is 0 Å². The van der Waals surface area contributed by atoms with E-state index >= 15 is 0 Å². The van der Waals surface area contributed by atoms with Gasteiger partial charge in [-0.3, -0.25) is 9.59 Å². The van der Waals surface area contributed by atoms with Gasteiger partial charge in [-0.1, -0.05) is 6.07 Å². The average Bonchev–Trinajstić information content (AvgIpc) is 3.29. The summed E-state index contributed by atoms with van der Waals surface area (Å²) >= 11 is 1.60. The number of rotatable bonds is 4. The van der Waals surface area contributed by atoms with Gasteiger partial charge in [0, 0.05) is 25.1 Å². The van der Waals surface area contributed by atoms with E-state index in [0.29, 0.717) is 30.3 Å². The minimum atomic E-state index is -0.125. The van der Waals surface area contributed by atoms with Gasteiger partial charge in [0.1, 0.15) is 17.2 Å². The van der Waals surface area contributed by atoms with Gasteiger partial charge in [0.25, 0.3) is 11.5 Å². The number of carbonyl (C=O) groups is 1. The molecule has 1 aliphatic carbocycles. The molecule has 2 fully saturated rings. The third-order valence-corrected chi connectivity index (χ3v) is 6.67. The topological polar surface area (TPSA) is 68.3 Å². The molecule has 0 N–H and O–H groups in total. The van der Waals surface area contributed by atoms with Gasteiger partial charge in [-0.15, -0.1) is 11.3 Å². The Kier molecular flexibility index (Phi) is 4.62. The van der Waals surface area contributed by atoms with Crippen molar-refractivity contribution in [2.75, 3.05) is 13.1 Å². The molecule has 7 heteroatoms. The Morgan fingerprint density at radius 1 is 1.24 bits per heavy atom. The number of piperidine rings is 1. The van der Waals surface area contributed by atoms with Crippen LogP contribution in [0.25, 0.3) is 10.6 Å². The van der Waals surface area contributed by atoms with Crippen molar-refractivity contribution in [1.82, 2.24) is 14.7 Å². The summed E-state index contributed by atoms with van der Waals surface area (Å²) in [5.41, 5.74) is 1.32. The van der Waals surface area contributed by atoms with E-state index in [2.05, 4.69) is 5.10 Å². The van der Waals surface area contributed by atoms with Crippen LogP contribution < -0.4 is 5.56 Å². The van der Waals surface area contributed by atoms with Crippen molar-refractivity contribution in [3.63, 3.8) is 0 Å². The second-order valence-corrected chi connectivity index (χ2v) is 8.87. The van der Waals surface area contributed by atoms with Crippen molar-refractivity contribution in [2.45, 2.75) is 44.6 Å². The fourth-order valence-corrected chi connectivity index (χ4v) is 4.73. The van der Waals surface area contributed by atoms with Crippen molar-refractivity contribution in [1.29, 1.82) is 0 Å². The van der Waals surface area contributed by atoms with Crippen LogP contribution in [-0.2, 0) is 0 Å². The maximum Gasteiger partial charge on any atom is 0.267 e. The molecule has 6 nitrogen and oxygen atoms in total. The predicted octanol–water partition coefficient (Wildman–Crippen LogP) is 4.23. The predicted molar refractivity (Wildman–Crippen MR) is 111 cm³/mol. The number of hydrogen-bond acceptors (Lipinski definition) is 5. The Bertz CT molecular complexity index is 1090. The Hall–Kier alpha value is -2.67. The van der Waals surface area contributed by atoms with E-state index in [1.807, 2.05) is 35.4 Å². The van der Waals surface area contributed by atoms with E-state index in [1.54, 1.807) is 28.2 Å². The first-order chi connectivity index (χ1) is 14.1. The molecule has 29 heavy (non-hydrogen) atoms. The average molecular weight is 410 g/mol. The first kappa shape index (κ1) is 18.4. The van der Waals surface area contributed by atoms with Crippen LogP contribution in [0.4, 0.5) is 0 Å². The number of thiophene rings is 1. The summed E-state index contributed by atoms with van der Waals surface area (Å²) < 4.78 is 7.39. The maximum atomic E-state index is 13.2. The molecule has 5 rings (SSSR count). The molecule has 1 amide bonds. The standard InChI is InChI=1S/C22H23N3O3S/c1-14-17(12-19(28-14)15-6-7-15)22(27)24-10-2-4-16(13-24)25-21(26)9-8-18(23-25)20-5-3-11-29-20/h3,5,8-9,11-12,15-16H,2,4,6-7,10,13H2,1H3/t16-/m1/s1. The molecule has 1 saturated heterocycles. The molecule has 2 aliphatic rings. The van der Waals surface area contributed by atoms with Crippen molar-refractivity contribution >= 4 is 17.2 Å². The summed E-state index contributed by atoms with van der Waals surface area (Å²) in [5, 5.41) is 6.61. The molecule has 0 bridgehead atoms. The number of nitrogens with zero attached hydrogens (tertiary/aromatic N) is 3. The van der Waals surface area contributed by atoms with Gasteiger partial charge < -0.3 is 9.32 Å². The van der Waals surface area contributed by atoms with E-state index in [4.69, 9.17) is 4.42 Å². The summed E-state index contributed by atoms with van der Waals surface area (Å²) in [7, 11) is 0. The van der Waals surface area contributed by atoms with E-state index < -0.39 is 0 Å². The number of amides is 1. The van der Waals surface area contributed by atoms with E-state index in [-0.39, 0.29) is 17.5 Å². The lowest BCUT2D eigenvalue weighted by Crippen LogP contribution is -2.43. The van der Waals surface area contributed by atoms with Gasteiger partial charge in [0.05, 0.1) is 16.5 Å². The highest BCUT2D eigenvalue weighted by molar-refractivity contribution is 7.13. The van der Waals surface area contributed by atoms with Crippen molar-refractivity contribution in [3.05, 3.63) is 63.1 Å². The minimum absolute atomic E-state index is 0.00897. The SMILES string of the molecule is Cc1oc(C2CC2)cc1C(=O)N1CCC[C@@H](n2nc(-c3cccs3)ccc2=O)C1. The summed E-state index contributed by atoms with van der Waals surface area (Å²) in [6.45, 7) is 3.04. The zero-order chi connectivity index (χ0) is 20.0. The molecular weight excluding hydrogens is 386 g/mol. The van der Waals surface area contributed by atoms with Crippen LogP contribution in [0.1, 0.15) is 59.5 Å². The summed E-state index contributed by atoms with van der Waals surface area (Å²) in [5.74, 6) is 2.09. The van der Waals surface area contributed by atoms with Crippen LogP contribution in [0, 0.1) is 6.92 Å². The highest BCUT2D eigenvalue weighted by Gasteiger charge is 2.32. The van der Waals surface area contributed by atoms with E-state index in [0.717, 1.165) is 42.0 Å². The monoisotopic (exact) mass is 409 g/mol. The van der Waals surface area contributed by atoms with Crippen molar-refractivity contribution in [3.8, 4) is 10.6 Å².